The fraction of sp³-hybridized carbons (Fsp3) is 0.917. The molecule has 17 heavy (non-hydrogen) atoms. The van der Waals surface area contributed by atoms with Crippen LogP contribution in [0.1, 0.15) is 20.3 Å². The number of piperazine rings is 1. The Morgan fingerprint density at radius 3 is 2.24 bits per heavy atom. The summed E-state index contributed by atoms with van der Waals surface area (Å²) in [6.45, 7) is 9.67. The highest BCUT2D eigenvalue weighted by Crippen LogP contribution is 2.10. The summed E-state index contributed by atoms with van der Waals surface area (Å²) in [5.74, 6) is -0.781. The molecule has 0 amide bonds. The van der Waals surface area contributed by atoms with Crippen LogP contribution in [-0.2, 0) is 4.79 Å². The van der Waals surface area contributed by atoms with Gasteiger partial charge in [0.15, 0.2) is 0 Å². The summed E-state index contributed by atoms with van der Waals surface area (Å²) in [5, 5.41) is 12.1. The Labute approximate surface area is 104 Å². The van der Waals surface area contributed by atoms with Gasteiger partial charge in [-0.15, -0.1) is 0 Å². The number of rotatable bonds is 6. The minimum absolute atomic E-state index is 0.568. The first-order valence-corrected chi connectivity index (χ1v) is 6.39. The summed E-state index contributed by atoms with van der Waals surface area (Å²) in [6, 6.07) is 0. The summed E-state index contributed by atoms with van der Waals surface area (Å²) in [7, 11) is 1.71. The SMILES string of the molecule is CCCN1CCN(CC(C)(NC)C(=O)O)CC1. The number of carboxylic acids is 1. The van der Waals surface area contributed by atoms with Gasteiger partial charge >= 0.3 is 5.97 Å². The third kappa shape index (κ3) is 3.94. The van der Waals surface area contributed by atoms with Gasteiger partial charge in [-0.3, -0.25) is 9.69 Å². The van der Waals surface area contributed by atoms with Crippen molar-refractivity contribution in [2.24, 2.45) is 0 Å². The number of carbonyl (C=O) groups is 1. The Balaban J connectivity index is 2.42. The van der Waals surface area contributed by atoms with E-state index in [0.29, 0.717) is 6.54 Å². The topological polar surface area (TPSA) is 55.8 Å². The summed E-state index contributed by atoms with van der Waals surface area (Å²) in [4.78, 5) is 15.9. The molecule has 1 unspecified atom stereocenters. The third-order valence-corrected chi connectivity index (χ3v) is 3.57. The molecule has 0 radical (unpaired) electrons. The van der Waals surface area contributed by atoms with E-state index in [1.807, 2.05) is 0 Å². The maximum Gasteiger partial charge on any atom is 0.324 e. The fourth-order valence-corrected chi connectivity index (χ4v) is 2.19. The summed E-state index contributed by atoms with van der Waals surface area (Å²) in [5.41, 5.74) is -0.840. The van der Waals surface area contributed by atoms with Crippen LogP contribution >= 0.6 is 0 Å². The molecule has 5 nitrogen and oxygen atoms in total. The Kier molecular flexibility index (Phi) is 5.36. The minimum Gasteiger partial charge on any atom is -0.480 e. The van der Waals surface area contributed by atoms with Crippen LogP contribution in [0.15, 0.2) is 0 Å². The molecule has 0 aromatic heterocycles. The summed E-state index contributed by atoms with van der Waals surface area (Å²) >= 11 is 0. The zero-order valence-corrected chi connectivity index (χ0v) is 11.2. The molecular weight excluding hydrogens is 218 g/mol. The number of aliphatic carboxylic acids is 1. The van der Waals surface area contributed by atoms with E-state index in [4.69, 9.17) is 0 Å². The van der Waals surface area contributed by atoms with Crippen LogP contribution in [0.3, 0.4) is 0 Å². The van der Waals surface area contributed by atoms with E-state index < -0.39 is 11.5 Å². The lowest BCUT2D eigenvalue weighted by atomic mass is 10.0. The highest BCUT2D eigenvalue weighted by molar-refractivity contribution is 5.78. The molecule has 0 aromatic rings. The van der Waals surface area contributed by atoms with Gasteiger partial charge in [-0.1, -0.05) is 6.92 Å². The van der Waals surface area contributed by atoms with Crippen molar-refractivity contribution in [1.29, 1.82) is 0 Å². The number of nitrogens with one attached hydrogen (secondary N) is 1. The molecule has 1 saturated heterocycles. The molecular formula is C12H25N3O2. The highest BCUT2D eigenvalue weighted by atomic mass is 16.4. The van der Waals surface area contributed by atoms with Gasteiger partial charge in [0.2, 0.25) is 0 Å². The molecule has 0 spiro atoms. The molecule has 2 N–H and O–H groups in total. The highest BCUT2D eigenvalue weighted by Gasteiger charge is 2.34. The number of likely N-dealkylation sites (N-methyl/N-ethyl adjacent to an activating group) is 1. The van der Waals surface area contributed by atoms with Gasteiger partial charge in [0, 0.05) is 32.7 Å². The molecule has 1 aliphatic heterocycles. The first-order valence-electron chi connectivity index (χ1n) is 6.39. The normalized spacial score (nSPS) is 22.3. The van der Waals surface area contributed by atoms with E-state index in [1.165, 1.54) is 6.42 Å². The smallest absolute Gasteiger partial charge is 0.324 e. The van der Waals surface area contributed by atoms with E-state index in [1.54, 1.807) is 14.0 Å². The van der Waals surface area contributed by atoms with E-state index in [9.17, 15) is 9.90 Å². The summed E-state index contributed by atoms with van der Waals surface area (Å²) in [6.07, 6.45) is 1.18. The van der Waals surface area contributed by atoms with Crippen LogP contribution in [0.4, 0.5) is 0 Å². The fourth-order valence-electron chi connectivity index (χ4n) is 2.19. The monoisotopic (exact) mass is 243 g/mol. The average Bonchev–Trinajstić information content (AvgIpc) is 2.31. The van der Waals surface area contributed by atoms with E-state index in [-0.39, 0.29) is 0 Å². The molecule has 5 heteroatoms. The van der Waals surface area contributed by atoms with Crippen molar-refractivity contribution in [2.45, 2.75) is 25.8 Å². The second-order valence-electron chi connectivity index (χ2n) is 5.01. The van der Waals surface area contributed by atoms with E-state index in [0.717, 1.165) is 32.7 Å². The predicted octanol–water partition coefficient (Wildman–Crippen LogP) is 0.0767. The number of nitrogens with zero attached hydrogens (tertiary/aromatic N) is 2. The summed E-state index contributed by atoms with van der Waals surface area (Å²) < 4.78 is 0. The predicted molar refractivity (Wildman–Crippen MR) is 68.3 cm³/mol. The number of hydrogen-bond acceptors (Lipinski definition) is 4. The molecule has 100 valence electrons. The molecule has 1 heterocycles. The lowest BCUT2D eigenvalue weighted by Crippen LogP contribution is -2.58. The third-order valence-electron chi connectivity index (χ3n) is 3.57. The van der Waals surface area contributed by atoms with Crippen molar-refractivity contribution >= 4 is 5.97 Å². The molecule has 1 rings (SSSR count). The Bertz CT molecular complexity index is 252. The van der Waals surface area contributed by atoms with Gasteiger partial charge in [0.05, 0.1) is 0 Å². The van der Waals surface area contributed by atoms with Gasteiger partial charge < -0.3 is 15.3 Å². The largest absolute Gasteiger partial charge is 0.480 e. The molecule has 0 aliphatic carbocycles. The van der Waals surface area contributed by atoms with Gasteiger partial charge in [0.25, 0.3) is 0 Å². The van der Waals surface area contributed by atoms with Crippen molar-refractivity contribution in [3.8, 4) is 0 Å². The van der Waals surface area contributed by atoms with Gasteiger partial charge in [-0.2, -0.15) is 0 Å². The zero-order chi connectivity index (χ0) is 12.9. The standard InChI is InChI=1S/C12H25N3O2/c1-4-5-14-6-8-15(9-7-14)10-12(2,13-3)11(16)17/h13H,4-10H2,1-3H3,(H,16,17). The van der Waals surface area contributed by atoms with Crippen molar-refractivity contribution in [3.63, 3.8) is 0 Å². The van der Waals surface area contributed by atoms with E-state index >= 15 is 0 Å². The number of hydrogen-bond donors (Lipinski definition) is 2. The van der Waals surface area contributed by atoms with Gasteiger partial charge in [-0.25, -0.2) is 0 Å². The average molecular weight is 243 g/mol. The second kappa shape index (κ2) is 6.33. The Morgan fingerprint density at radius 1 is 1.29 bits per heavy atom. The zero-order valence-electron chi connectivity index (χ0n) is 11.2. The van der Waals surface area contributed by atoms with Gasteiger partial charge in [0.1, 0.15) is 5.54 Å². The number of carboxylic acid groups (broad SMARTS) is 1. The molecule has 1 atom stereocenters. The van der Waals surface area contributed by atoms with Crippen LogP contribution in [0.5, 0.6) is 0 Å². The Morgan fingerprint density at radius 2 is 1.82 bits per heavy atom. The van der Waals surface area contributed by atoms with Gasteiger partial charge in [-0.05, 0) is 26.9 Å². The molecule has 1 fully saturated rings. The van der Waals surface area contributed by atoms with Crippen molar-refractivity contribution < 1.29 is 9.90 Å². The lowest BCUT2D eigenvalue weighted by molar-refractivity contribution is -0.145. The second-order valence-corrected chi connectivity index (χ2v) is 5.01. The molecule has 1 aliphatic rings. The van der Waals surface area contributed by atoms with Crippen LogP contribution < -0.4 is 5.32 Å². The Hall–Kier alpha value is -0.650. The van der Waals surface area contributed by atoms with Crippen LogP contribution in [0.25, 0.3) is 0 Å². The maximum absolute atomic E-state index is 11.2. The molecule has 0 bridgehead atoms. The first-order chi connectivity index (χ1) is 8.01. The molecule has 0 aromatic carbocycles. The minimum atomic E-state index is -0.840. The van der Waals surface area contributed by atoms with Crippen molar-refractivity contribution in [3.05, 3.63) is 0 Å². The van der Waals surface area contributed by atoms with Crippen molar-refractivity contribution in [1.82, 2.24) is 15.1 Å². The maximum atomic E-state index is 11.2. The lowest BCUT2D eigenvalue weighted by Gasteiger charge is -2.38. The quantitative estimate of drug-likeness (QED) is 0.692. The van der Waals surface area contributed by atoms with Crippen molar-refractivity contribution in [2.75, 3.05) is 46.3 Å². The van der Waals surface area contributed by atoms with Crippen LogP contribution in [0.2, 0.25) is 0 Å². The van der Waals surface area contributed by atoms with Crippen LogP contribution in [0, 0.1) is 0 Å². The van der Waals surface area contributed by atoms with E-state index in [2.05, 4.69) is 22.0 Å². The first kappa shape index (κ1) is 14.4. The van der Waals surface area contributed by atoms with Crippen LogP contribution in [-0.4, -0.2) is 72.7 Å². The molecule has 0 saturated carbocycles.